The van der Waals surface area contributed by atoms with Crippen LogP contribution in [0, 0.1) is 11.6 Å². The van der Waals surface area contributed by atoms with Crippen LogP contribution in [0.3, 0.4) is 0 Å². The molecule has 0 aliphatic rings. The van der Waals surface area contributed by atoms with Crippen molar-refractivity contribution < 1.29 is 13.5 Å². The predicted molar refractivity (Wildman–Crippen MR) is 103 cm³/mol. The van der Waals surface area contributed by atoms with Crippen LogP contribution in [-0.4, -0.2) is 15.0 Å². The molecule has 140 valence electrons. The third-order valence-electron chi connectivity index (χ3n) is 3.97. The second-order valence-electron chi connectivity index (χ2n) is 5.94. The molecule has 0 radical (unpaired) electrons. The maximum atomic E-state index is 14.4. The van der Waals surface area contributed by atoms with Gasteiger partial charge in [0.05, 0.1) is 11.7 Å². The van der Waals surface area contributed by atoms with Crippen molar-refractivity contribution >= 4 is 34.0 Å². The molecule has 0 saturated carbocycles. The Morgan fingerprint density at radius 2 is 1.89 bits per heavy atom. The largest absolute Gasteiger partial charge is 0.486 e. The molecule has 2 heterocycles. The highest BCUT2D eigenvalue weighted by Crippen LogP contribution is 2.27. The first-order chi connectivity index (χ1) is 13.6. The lowest BCUT2D eigenvalue weighted by molar-refractivity contribution is 0.290. The number of halogens is 3. The number of hydrogen-bond donors (Lipinski definition) is 1. The van der Waals surface area contributed by atoms with Gasteiger partial charge in [-0.05, 0) is 35.9 Å². The van der Waals surface area contributed by atoms with Crippen LogP contribution in [0.1, 0.15) is 5.56 Å². The van der Waals surface area contributed by atoms with Crippen LogP contribution >= 0.6 is 11.6 Å². The summed E-state index contributed by atoms with van der Waals surface area (Å²) in [4.78, 5) is 12.3. The smallest absolute Gasteiger partial charge is 0.167 e. The van der Waals surface area contributed by atoms with Crippen molar-refractivity contribution in [2.24, 2.45) is 0 Å². The summed E-state index contributed by atoms with van der Waals surface area (Å²) in [5.74, 6) is -0.385. The summed E-state index contributed by atoms with van der Waals surface area (Å²) in [6.07, 6.45) is 2.92. The number of nitrogens with zero attached hydrogens (tertiary/aromatic N) is 3. The van der Waals surface area contributed by atoms with Gasteiger partial charge in [-0.25, -0.2) is 23.7 Å². The van der Waals surface area contributed by atoms with Gasteiger partial charge in [0.2, 0.25) is 0 Å². The number of hydrogen-bond acceptors (Lipinski definition) is 5. The van der Waals surface area contributed by atoms with E-state index in [2.05, 4.69) is 20.3 Å². The van der Waals surface area contributed by atoms with Gasteiger partial charge < -0.3 is 10.1 Å². The van der Waals surface area contributed by atoms with E-state index < -0.39 is 5.82 Å². The molecule has 4 aromatic rings. The predicted octanol–water partition coefficient (Wildman–Crippen LogP) is 5.28. The van der Waals surface area contributed by atoms with Gasteiger partial charge in [-0.2, -0.15) is 0 Å². The lowest BCUT2D eigenvalue weighted by Gasteiger charge is -2.11. The molecule has 5 nitrogen and oxygen atoms in total. The lowest BCUT2D eigenvalue weighted by Crippen LogP contribution is -2.00. The average Bonchev–Trinajstić information content (AvgIpc) is 2.68. The monoisotopic (exact) mass is 398 g/mol. The number of pyridine rings is 1. The molecule has 0 saturated heterocycles. The fraction of sp³-hybridized carbons (Fsp3) is 0.0500. The van der Waals surface area contributed by atoms with E-state index in [1.807, 2.05) is 0 Å². The molecule has 8 heteroatoms. The fourth-order valence-corrected chi connectivity index (χ4v) is 2.81. The van der Waals surface area contributed by atoms with E-state index in [-0.39, 0.29) is 18.2 Å². The lowest BCUT2D eigenvalue weighted by atomic mass is 10.2. The topological polar surface area (TPSA) is 59.9 Å². The Kier molecular flexibility index (Phi) is 4.99. The Morgan fingerprint density at radius 3 is 2.71 bits per heavy atom. The normalized spacial score (nSPS) is 10.8. The molecule has 0 fully saturated rings. The number of rotatable bonds is 5. The number of nitrogens with one attached hydrogen (secondary N) is 1. The van der Waals surface area contributed by atoms with Gasteiger partial charge in [0, 0.05) is 17.1 Å². The van der Waals surface area contributed by atoms with Gasteiger partial charge in [-0.15, -0.1) is 0 Å². The third kappa shape index (κ3) is 3.99. The molecule has 2 aromatic heterocycles. The number of ether oxygens (including phenoxy) is 1. The minimum absolute atomic E-state index is 0.0590. The maximum absolute atomic E-state index is 14.4. The quantitative estimate of drug-likeness (QED) is 0.463. The first kappa shape index (κ1) is 18.1. The van der Waals surface area contributed by atoms with Crippen molar-refractivity contribution in [3.63, 3.8) is 0 Å². The van der Waals surface area contributed by atoms with Crippen LogP contribution in [0.15, 0.2) is 61.1 Å². The minimum atomic E-state index is -0.556. The Hall–Kier alpha value is -3.32. The third-order valence-corrected chi connectivity index (χ3v) is 4.17. The number of benzene rings is 2. The molecule has 0 spiro atoms. The number of fused-ring (bicyclic) bond motifs is 1. The minimum Gasteiger partial charge on any atom is -0.486 e. The Labute approximate surface area is 164 Å². The van der Waals surface area contributed by atoms with Gasteiger partial charge in [-0.3, -0.25) is 0 Å². The fourth-order valence-electron chi connectivity index (χ4n) is 2.65. The Balaban J connectivity index is 1.53. The molecular weight excluding hydrogens is 386 g/mol. The molecule has 0 aliphatic carbocycles. The second-order valence-corrected chi connectivity index (χ2v) is 6.32. The van der Waals surface area contributed by atoms with E-state index in [9.17, 15) is 8.78 Å². The van der Waals surface area contributed by atoms with E-state index >= 15 is 0 Å². The zero-order valence-corrected chi connectivity index (χ0v) is 15.1. The van der Waals surface area contributed by atoms with Crippen molar-refractivity contribution in [1.82, 2.24) is 15.0 Å². The van der Waals surface area contributed by atoms with Crippen LogP contribution in [0.2, 0.25) is 5.15 Å². The van der Waals surface area contributed by atoms with E-state index in [1.54, 1.807) is 24.3 Å². The summed E-state index contributed by atoms with van der Waals surface area (Å²) in [6.45, 7) is 0.0590. The highest BCUT2D eigenvalue weighted by atomic mass is 35.5. The van der Waals surface area contributed by atoms with Crippen molar-refractivity contribution in [2.45, 2.75) is 6.61 Å². The number of anilines is 2. The zero-order chi connectivity index (χ0) is 19.5. The first-order valence-corrected chi connectivity index (χ1v) is 8.66. The van der Waals surface area contributed by atoms with Crippen molar-refractivity contribution in [3.8, 4) is 5.75 Å². The molecule has 4 rings (SSSR count). The van der Waals surface area contributed by atoms with Crippen LogP contribution in [0.25, 0.3) is 10.9 Å². The molecule has 0 bridgehead atoms. The summed E-state index contributed by atoms with van der Waals surface area (Å²) >= 11 is 5.94. The van der Waals surface area contributed by atoms with E-state index in [0.717, 1.165) is 0 Å². The first-order valence-electron chi connectivity index (χ1n) is 8.28. The SMILES string of the molecule is Fc1cccc(COc2ccc(Nc3ncnc4cnc(Cl)cc34)cc2F)c1. The van der Waals surface area contributed by atoms with Crippen LogP contribution in [0.4, 0.5) is 20.3 Å². The summed E-state index contributed by atoms with van der Waals surface area (Å²) in [5, 5.41) is 4.01. The van der Waals surface area contributed by atoms with Gasteiger partial charge in [0.15, 0.2) is 11.6 Å². The van der Waals surface area contributed by atoms with Crippen molar-refractivity contribution in [3.05, 3.63) is 83.4 Å². The van der Waals surface area contributed by atoms with Gasteiger partial charge in [0.1, 0.15) is 29.7 Å². The highest BCUT2D eigenvalue weighted by molar-refractivity contribution is 6.30. The molecule has 0 unspecified atom stereocenters. The van der Waals surface area contributed by atoms with Crippen LogP contribution < -0.4 is 10.1 Å². The van der Waals surface area contributed by atoms with E-state index in [4.69, 9.17) is 16.3 Å². The molecule has 2 aromatic carbocycles. The molecule has 0 atom stereocenters. The van der Waals surface area contributed by atoms with Gasteiger partial charge in [0.25, 0.3) is 0 Å². The van der Waals surface area contributed by atoms with Crippen LogP contribution in [0.5, 0.6) is 5.75 Å². The average molecular weight is 399 g/mol. The van der Waals surface area contributed by atoms with Crippen molar-refractivity contribution in [1.29, 1.82) is 0 Å². The highest BCUT2D eigenvalue weighted by Gasteiger charge is 2.09. The zero-order valence-electron chi connectivity index (χ0n) is 14.4. The molecule has 28 heavy (non-hydrogen) atoms. The number of aromatic nitrogens is 3. The van der Waals surface area contributed by atoms with Crippen LogP contribution in [-0.2, 0) is 6.61 Å². The molecule has 0 amide bonds. The van der Waals surface area contributed by atoms with E-state index in [0.29, 0.717) is 33.1 Å². The molecule has 0 aliphatic heterocycles. The molecule has 1 N–H and O–H groups in total. The summed E-state index contributed by atoms with van der Waals surface area (Å²) in [7, 11) is 0. The maximum Gasteiger partial charge on any atom is 0.167 e. The standard InChI is InChI=1S/C20H13ClF2N4O/c21-19-8-15-17(9-24-19)25-11-26-20(15)27-14-4-5-18(16(23)7-14)28-10-12-2-1-3-13(22)6-12/h1-9,11H,10H2,(H,25,26,27). The second kappa shape index (κ2) is 7.74. The Morgan fingerprint density at radius 1 is 1.00 bits per heavy atom. The summed E-state index contributed by atoms with van der Waals surface area (Å²) < 4.78 is 33.1. The molecular formula is C20H13ClF2N4O. The van der Waals surface area contributed by atoms with Crippen molar-refractivity contribution in [2.75, 3.05) is 5.32 Å². The van der Waals surface area contributed by atoms with E-state index in [1.165, 1.54) is 36.8 Å². The van der Waals surface area contributed by atoms with Gasteiger partial charge in [-0.1, -0.05) is 23.7 Å². The van der Waals surface area contributed by atoms with Gasteiger partial charge >= 0.3 is 0 Å². The Bertz CT molecular complexity index is 1160. The summed E-state index contributed by atoms with van der Waals surface area (Å²) in [6, 6.07) is 12.0. The summed E-state index contributed by atoms with van der Waals surface area (Å²) in [5.41, 5.74) is 1.69.